The number of hydrogen-bond donors (Lipinski definition) is 0. The molecule has 0 aliphatic rings. The van der Waals surface area contributed by atoms with Gasteiger partial charge >= 0.3 is 0 Å². The zero-order chi connectivity index (χ0) is 7.86. The second-order valence-electron chi connectivity index (χ2n) is 2.34. The average molecular weight is 248 g/mol. The third-order valence-corrected chi connectivity index (χ3v) is 0.707. The summed E-state index contributed by atoms with van der Waals surface area (Å²) in [6, 6.07) is 0. The van der Waals surface area contributed by atoms with Gasteiger partial charge in [-0.25, -0.2) is 0 Å². The van der Waals surface area contributed by atoms with Crippen LogP contribution >= 0.6 is 0 Å². The SMILES string of the molecule is C.C.C=C(C)[NH-].CC[C-](C)C.[Y]. The molecular weight excluding hydrogens is 223 g/mol. The van der Waals surface area contributed by atoms with Crippen LogP contribution < -0.4 is 0 Å². The monoisotopic (exact) mass is 248 g/mol. The van der Waals surface area contributed by atoms with Crippen LogP contribution in [0.5, 0.6) is 0 Å². The first-order valence-electron chi connectivity index (χ1n) is 3.16. The smallest absolute Gasteiger partial charge is 0 e. The summed E-state index contributed by atoms with van der Waals surface area (Å²) < 4.78 is 0. The van der Waals surface area contributed by atoms with Crippen molar-refractivity contribution in [3.63, 3.8) is 0 Å². The van der Waals surface area contributed by atoms with Crippen LogP contribution in [0.1, 0.15) is 49.0 Å². The molecule has 0 saturated heterocycles. The van der Waals surface area contributed by atoms with Crippen LogP contribution in [0.15, 0.2) is 12.3 Å². The maximum Gasteiger partial charge on any atom is 0 e. The fourth-order valence-electron chi connectivity index (χ4n) is 0. The first kappa shape index (κ1) is 29.3. The Bertz CT molecular complexity index is 66.2. The molecule has 0 aromatic heterocycles. The van der Waals surface area contributed by atoms with E-state index >= 15 is 0 Å². The number of allylic oxidation sites excluding steroid dienone is 1. The van der Waals surface area contributed by atoms with Crippen molar-refractivity contribution in [3.8, 4) is 0 Å². The quantitative estimate of drug-likeness (QED) is 0.592. The molecule has 12 heavy (non-hydrogen) atoms. The van der Waals surface area contributed by atoms with E-state index in [1.165, 1.54) is 12.3 Å². The Morgan fingerprint density at radius 2 is 1.42 bits per heavy atom. The molecule has 0 unspecified atom stereocenters. The summed E-state index contributed by atoms with van der Waals surface area (Å²) in [6.45, 7) is 11.3. The van der Waals surface area contributed by atoms with Crippen molar-refractivity contribution in [3.05, 3.63) is 23.9 Å². The molecule has 75 valence electrons. The largest absolute Gasteiger partial charge is 0.703 e. The van der Waals surface area contributed by atoms with E-state index in [4.69, 9.17) is 5.73 Å². The third kappa shape index (κ3) is 142. The van der Waals surface area contributed by atoms with Gasteiger partial charge in [0.2, 0.25) is 0 Å². The van der Waals surface area contributed by atoms with E-state index < -0.39 is 0 Å². The Morgan fingerprint density at radius 1 is 1.33 bits per heavy atom. The van der Waals surface area contributed by atoms with Gasteiger partial charge in [0.25, 0.3) is 0 Å². The van der Waals surface area contributed by atoms with Gasteiger partial charge in [0.15, 0.2) is 0 Å². The van der Waals surface area contributed by atoms with Gasteiger partial charge in [0, 0.05) is 32.7 Å². The third-order valence-electron chi connectivity index (χ3n) is 0.707. The summed E-state index contributed by atoms with van der Waals surface area (Å²) in [5.74, 6) is 1.50. The molecule has 0 heterocycles. The van der Waals surface area contributed by atoms with Crippen LogP contribution in [-0.2, 0) is 32.7 Å². The van der Waals surface area contributed by atoms with Crippen LogP contribution in [0.4, 0.5) is 0 Å². The maximum absolute atomic E-state index is 6.39. The van der Waals surface area contributed by atoms with E-state index in [9.17, 15) is 0 Å². The van der Waals surface area contributed by atoms with Crippen molar-refractivity contribution < 1.29 is 32.7 Å². The molecule has 0 fully saturated rings. The molecule has 0 aromatic carbocycles. The summed E-state index contributed by atoms with van der Waals surface area (Å²) in [6.07, 6.45) is 1.22. The minimum Gasteiger partial charge on any atom is -0.703 e. The van der Waals surface area contributed by atoms with E-state index in [1.54, 1.807) is 6.92 Å². The second-order valence-corrected chi connectivity index (χ2v) is 2.34. The Balaban J connectivity index is -0.0000000221. The topological polar surface area (TPSA) is 23.8 Å². The molecule has 0 aromatic rings. The minimum atomic E-state index is 0. The minimum absolute atomic E-state index is 0. The van der Waals surface area contributed by atoms with Crippen LogP contribution in [0.2, 0.25) is 0 Å². The molecule has 2 heteroatoms. The van der Waals surface area contributed by atoms with Gasteiger partial charge in [-0.2, -0.15) is 26.0 Å². The summed E-state index contributed by atoms with van der Waals surface area (Å²) in [5, 5.41) is 0. The van der Waals surface area contributed by atoms with Crippen molar-refractivity contribution >= 4 is 0 Å². The number of hydrogen-bond acceptors (Lipinski definition) is 0. The zero-order valence-corrected chi connectivity index (χ0v) is 10.3. The molecule has 0 saturated carbocycles. The molecular formula is C10H25NY-2. The molecule has 1 N–H and O–H groups in total. The summed E-state index contributed by atoms with van der Waals surface area (Å²) >= 11 is 0. The maximum atomic E-state index is 6.39. The average Bonchev–Trinajstić information content (AvgIpc) is 1.65. The molecule has 1 radical (unpaired) electrons. The van der Waals surface area contributed by atoms with Crippen LogP contribution in [0.25, 0.3) is 5.73 Å². The van der Waals surface area contributed by atoms with Crippen LogP contribution in [-0.4, -0.2) is 0 Å². The van der Waals surface area contributed by atoms with Gasteiger partial charge in [-0.15, -0.1) is 6.58 Å². The first-order valence-corrected chi connectivity index (χ1v) is 3.16. The van der Waals surface area contributed by atoms with Crippen LogP contribution in [0.3, 0.4) is 0 Å². The molecule has 0 rings (SSSR count). The van der Waals surface area contributed by atoms with E-state index in [0.29, 0.717) is 5.70 Å². The Hall–Kier alpha value is 0.644. The van der Waals surface area contributed by atoms with E-state index in [-0.39, 0.29) is 47.6 Å². The van der Waals surface area contributed by atoms with E-state index in [2.05, 4.69) is 27.4 Å². The van der Waals surface area contributed by atoms with Gasteiger partial charge in [-0.05, 0) is 0 Å². The molecule has 0 spiro atoms. The zero-order valence-electron chi connectivity index (χ0n) is 7.49. The number of rotatable bonds is 1. The molecule has 0 amide bonds. The molecule has 0 bridgehead atoms. The van der Waals surface area contributed by atoms with Crippen molar-refractivity contribution in [1.82, 2.24) is 0 Å². The predicted octanol–water partition coefficient (Wildman–Crippen LogP) is 4.85. The summed E-state index contributed by atoms with van der Waals surface area (Å²) in [7, 11) is 0. The van der Waals surface area contributed by atoms with Crippen molar-refractivity contribution in [2.75, 3.05) is 0 Å². The van der Waals surface area contributed by atoms with Gasteiger partial charge in [-0.3, -0.25) is 0 Å². The fraction of sp³-hybridized carbons (Fsp3) is 0.700. The summed E-state index contributed by atoms with van der Waals surface area (Å²) in [5.41, 5.74) is 6.81. The molecule has 1 nitrogen and oxygen atoms in total. The van der Waals surface area contributed by atoms with Crippen molar-refractivity contribution in [1.29, 1.82) is 0 Å². The Morgan fingerprint density at radius 3 is 1.42 bits per heavy atom. The van der Waals surface area contributed by atoms with Gasteiger partial charge < -0.3 is 11.7 Å². The first-order chi connectivity index (χ1) is 4.00. The molecule has 0 aliphatic heterocycles. The standard InChI is InChI=1S/C5H11.C3H6N.2CH4.Y/c1-4-5(2)3;1-3(2)4;;;/h4H2,1-3H3;4H,1H2,2H3;2*1H4;/q2*-1;;;. The molecule has 0 atom stereocenters. The van der Waals surface area contributed by atoms with E-state index in [1.807, 2.05) is 0 Å². The Kier molecular flexibility index (Phi) is 55.2. The van der Waals surface area contributed by atoms with Gasteiger partial charge in [-0.1, -0.05) is 28.7 Å². The van der Waals surface area contributed by atoms with E-state index in [0.717, 1.165) is 0 Å². The predicted molar refractivity (Wildman–Crippen MR) is 57.5 cm³/mol. The van der Waals surface area contributed by atoms with Crippen molar-refractivity contribution in [2.45, 2.75) is 49.0 Å². The number of nitrogens with one attached hydrogen (secondary N) is 1. The molecule has 0 aliphatic carbocycles. The van der Waals surface area contributed by atoms with Crippen LogP contribution in [0, 0.1) is 5.92 Å². The second kappa shape index (κ2) is 22.6. The normalized spacial score (nSPS) is 6.08. The van der Waals surface area contributed by atoms with Gasteiger partial charge in [0.05, 0.1) is 0 Å². The van der Waals surface area contributed by atoms with Gasteiger partial charge in [0.1, 0.15) is 0 Å². The fourth-order valence-corrected chi connectivity index (χ4v) is 0. The van der Waals surface area contributed by atoms with Crippen molar-refractivity contribution in [2.24, 2.45) is 0 Å². The summed E-state index contributed by atoms with van der Waals surface area (Å²) in [4.78, 5) is 0. The Labute approximate surface area is 105 Å².